The summed E-state index contributed by atoms with van der Waals surface area (Å²) in [6.07, 6.45) is 3.02. The summed E-state index contributed by atoms with van der Waals surface area (Å²) in [5.41, 5.74) is 6.28. The summed E-state index contributed by atoms with van der Waals surface area (Å²) in [4.78, 5) is 0. The molecular weight excluding hydrogens is 255 g/mol. The van der Waals surface area contributed by atoms with E-state index in [1.54, 1.807) is 0 Å². The summed E-state index contributed by atoms with van der Waals surface area (Å²) >= 11 is 0. The van der Waals surface area contributed by atoms with Crippen LogP contribution in [0, 0.1) is 23.2 Å². The van der Waals surface area contributed by atoms with Crippen molar-refractivity contribution in [3.05, 3.63) is 0 Å². The number of ether oxygens (including phenoxy) is 1. The lowest BCUT2D eigenvalue weighted by Crippen LogP contribution is -2.56. The quantitative estimate of drug-likeness (QED) is 0.857. The van der Waals surface area contributed by atoms with Crippen LogP contribution >= 0.6 is 0 Å². The van der Waals surface area contributed by atoms with Gasteiger partial charge in [0.1, 0.15) is 6.61 Å². The first-order valence-electron chi connectivity index (χ1n) is 7.26. The molecule has 0 aromatic heterocycles. The van der Waals surface area contributed by atoms with E-state index in [-0.39, 0.29) is 18.1 Å². The number of alkyl halides is 3. The Morgan fingerprint density at radius 2 is 1.53 bits per heavy atom. The predicted octanol–water partition coefficient (Wildman–Crippen LogP) is 3.11. The molecule has 1 atom stereocenters. The van der Waals surface area contributed by atoms with Crippen molar-refractivity contribution in [2.75, 3.05) is 13.2 Å². The number of halogens is 3. The summed E-state index contributed by atoms with van der Waals surface area (Å²) in [5, 5.41) is 0. The number of hydrogen-bond acceptors (Lipinski definition) is 2. The third-order valence-electron chi connectivity index (χ3n) is 5.44. The average molecular weight is 277 g/mol. The lowest BCUT2D eigenvalue weighted by atomic mass is 9.48. The van der Waals surface area contributed by atoms with Crippen molar-refractivity contribution in [2.45, 2.75) is 50.7 Å². The molecule has 1 unspecified atom stereocenters. The van der Waals surface area contributed by atoms with Crippen LogP contribution in [0.25, 0.3) is 0 Å². The van der Waals surface area contributed by atoms with Crippen LogP contribution in [0.15, 0.2) is 0 Å². The van der Waals surface area contributed by atoms with Gasteiger partial charge in [0, 0.05) is 6.04 Å². The third-order valence-corrected chi connectivity index (χ3v) is 5.44. The second kappa shape index (κ2) is 4.62. The van der Waals surface area contributed by atoms with Gasteiger partial charge in [-0.25, -0.2) is 0 Å². The maximum absolute atomic E-state index is 12.1. The highest BCUT2D eigenvalue weighted by Crippen LogP contribution is 2.60. The molecule has 0 aromatic rings. The van der Waals surface area contributed by atoms with Crippen molar-refractivity contribution < 1.29 is 17.9 Å². The van der Waals surface area contributed by atoms with E-state index in [4.69, 9.17) is 10.5 Å². The maximum atomic E-state index is 12.1. The van der Waals surface area contributed by atoms with E-state index >= 15 is 0 Å². The molecule has 2 nitrogen and oxygen atoms in total. The van der Waals surface area contributed by atoms with Gasteiger partial charge in [-0.3, -0.25) is 0 Å². The first-order chi connectivity index (χ1) is 8.86. The molecule has 4 rings (SSSR count). The van der Waals surface area contributed by atoms with Crippen molar-refractivity contribution in [1.29, 1.82) is 0 Å². The fraction of sp³-hybridized carbons (Fsp3) is 1.00. The molecule has 0 heterocycles. The highest BCUT2D eigenvalue weighted by atomic mass is 19.4. The van der Waals surface area contributed by atoms with Gasteiger partial charge in [-0.1, -0.05) is 0 Å². The Hall–Kier alpha value is -0.290. The molecule has 5 heteroatoms. The summed E-state index contributed by atoms with van der Waals surface area (Å²) in [7, 11) is 0. The molecule has 0 aliphatic heterocycles. The van der Waals surface area contributed by atoms with E-state index < -0.39 is 12.8 Å². The van der Waals surface area contributed by atoms with E-state index in [0.717, 1.165) is 37.0 Å². The lowest BCUT2D eigenvalue weighted by molar-refractivity contribution is -0.179. The van der Waals surface area contributed by atoms with E-state index in [1.807, 2.05) is 0 Å². The highest BCUT2D eigenvalue weighted by molar-refractivity contribution is 5.05. The van der Waals surface area contributed by atoms with E-state index in [1.165, 1.54) is 19.3 Å². The number of nitrogens with two attached hydrogens (primary N) is 1. The van der Waals surface area contributed by atoms with E-state index in [2.05, 4.69) is 0 Å². The van der Waals surface area contributed by atoms with Gasteiger partial charge in [0.05, 0.1) is 6.61 Å². The van der Waals surface area contributed by atoms with E-state index in [9.17, 15) is 13.2 Å². The first-order valence-corrected chi connectivity index (χ1v) is 7.26. The molecule has 19 heavy (non-hydrogen) atoms. The van der Waals surface area contributed by atoms with Crippen LogP contribution in [0.5, 0.6) is 0 Å². The van der Waals surface area contributed by atoms with Crippen LogP contribution in [0.2, 0.25) is 0 Å². The summed E-state index contributed by atoms with van der Waals surface area (Å²) in [5.74, 6) is 2.29. The molecule has 0 spiro atoms. The standard InChI is InChI=1S/C14H22F3NO/c15-14(16,17)8-19-7-12(18)13-4-9-1-10(5-13)3-11(2-9)6-13/h9-12H,1-8,18H2. The van der Waals surface area contributed by atoms with Gasteiger partial charge < -0.3 is 10.5 Å². The van der Waals surface area contributed by atoms with Gasteiger partial charge >= 0.3 is 6.18 Å². The largest absolute Gasteiger partial charge is 0.411 e. The Bertz CT molecular complexity index is 307. The third kappa shape index (κ3) is 2.77. The average Bonchev–Trinajstić information content (AvgIpc) is 2.25. The topological polar surface area (TPSA) is 35.2 Å². The smallest absolute Gasteiger partial charge is 0.370 e. The Morgan fingerprint density at radius 3 is 1.95 bits per heavy atom. The van der Waals surface area contributed by atoms with Crippen molar-refractivity contribution in [2.24, 2.45) is 28.9 Å². The van der Waals surface area contributed by atoms with Gasteiger partial charge in [0.25, 0.3) is 0 Å². The molecule has 110 valence electrons. The summed E-state index contributed by atoms with van der Waals surface area (Å²) in [6.45, 7) is -1.13. The van der Waals surface area contributed by atoms with Gasteiger partial charge in [-0.05, 0) is 61.7 Å². The molecule has 0 radical (unpaired) electrons. The van der Waals surface area contributed by atoms with Crippen LogP contribution in [0.3, 0.4) is 0 Å². The fourth-order valence-corrected chi connectivity index (χ4v) is 5.11. The van der Waals surface area contributed by atoms with Gasteiger partial charge in [0.2, 0.25) is 0 Å². The summed E-state index contributed by atoms with van der Waals surface area (Å²) in [6, 6.07) is -0.233. The lowest BCUT2D eigenvalue weighted by Gasteiger charge is -2.58. The molecule has 0 aromatic carbocycles. The minimum absolute atomic E-state index is 0.0473. The van der Waals surface area contributed by atoms with Gasteiger partial charge in [-0.15, -0.1) is 0 Å². The second-order valence-electron chi connectivity index (χ2n) is 7.02. The monoisotopic (exact) mass is 277 g/mol. The molecule has 4 aliphatic rings. The minimum atomic E-state index is -4.25. The van der Waals surface area contributed by atoms with Crippen molar-refractivity contribution in [1.82, 2.24) is 0 Å². The summed E-state index contributed by atoms with van der Waals surface area (Å²) < 4.78 is 41.1. The Kier molecular flexibility index (Phi) is 3.33. The SMILES string of the molecule is NC(COCC(F)(F)F)C12CC3CC(CC(C3)C1)C2. The Labute approximate surface area is 111 Å². The van der Waals surface area contributed by atoms with Crippen molar-refractivity contribution >= 4 is 0 Å². The van der Waals surface area contributed by atoms with Crippen LogP contribution in [-0.2, 0) is 4.74 Å². The van der Waals surface area contributed by atoms with Crippen molar-refractivity contribution in [3.8, 4) is 0 Å². The number of rotatable bonds is 4. The molecule has 2 N–H and O–H groups in total. The fourth-order valence-electron chi connectivity index (χ4n) is 5.11. The minimum Gasteiger partial charge on any atom is -0.370 e. The first kappa shape index (κ1) is 13.7. The molecular formula is C14H22F3NO. The molecule has 4 saturated carbocycles. The van der Waals surface area contributed by atoms with E-state index in [0.29, 0.717) is 0 Å². The zero-order valence-corrected chi connectivity index (χ0v) is 11.1. The zero-order chi connectivity index (χ0) is 13.7. The normalized spacial score (nSPS) is 42.6. The molecule has 0 amide bonds. The Morgan fingerprint density at radius 1 is 1.05 bits per heavy atom. The zero-order valence-electron chi connectivity index (χ0n) is 11.1. The van der Waals surface area contributed by atoms with Crippen LogP contribution in [0.4, 0.5) is 13.2 Å². The molecule has 4 bridgehead atoms. The van der Waals surface area contributed by atoms with Crippen molar-refractivity contribution in [3.63, 3.8) is 0 Å². The molecule has 0 saturated heterocycles. The van der Waals surface area contributed by atoms with Gasteiger partial charge in [-0.2, -0.15) is 13.2 Å². The van der Waals surface area contributed by atoms with Crippen LogP contribution in [0.1, 0.15) is 38.5 Å². The predicted molar refractivity (Wildman–Crippen MR) is 65.5 cm³/mol. The van der Waals surface area contributed by atoms with Crippen LogP contribution in [-0.4, -0.2) is 25.4 Å². The van der Waals surface area contributed by atoms with Crippen LogP contribution < -0.4 is 5.73 Å². The van der Waals surface area contributed by atoms with Gasteiger partial charge in [0.15, 0.2) is 0 Å². The maximum Gasteiger partial charge on any atom is 0.411 e. The Balaban J connectivity index is 1.58. The molecule has 4 aliphatic carbocycles. The second-order valence-corrected chi connectivity index (χ2v) is 7.02. The highest BCUT2D eigenvalue weighted by Gasteiger charge is 2.53. The number of hydrogen-bond donors (Lipinski definition) is 1. The molecule has 4 fully saturated rings.